The number of nitrogens with zero attached hydrogens (tertiary/aromatic N) is 2. The van der Waals surface area contributed by atoms with Crippen LogP contribution in [-0.4, -0.2) is 267 Å². The van der Waals surface area contributed by atoms with Crippen LogP contribution in [0.1, 0.15) is 139 Å². The summed E-state index contributed by atoms with van der Waals surface area (Å²) in [5, 5.41) is 146. The number of furan rings is 1. The summed E-state index contributed by atoms with van der Waals surface area (Å²) >= 11 is 0. The number of alkyl carbamates (subject to hydrolysis) is 3. The van der Waals surface area contributed by atoms with Crippen LogP contribution in [0.15, 0.2) is 163 Å². The molecule has 1 saturated carbocycles. The van der Waals surface area contributed by atoms with Gasteiger partial charge in [-0.25, -0.2) is 29.0 Å². The zero-order valence-electron chi connectivity index (χ0n) is 78.8. The molecular weight excluding hydrogens is 1800 g/mol. The average molecular weight is 1930 g/mol. The van der Waals surface area contributed by atoms with Gasteiger partial charge in [0.15, 0.2) is 6.04 Å². The molecule has 0 aliphatic heterocycles. The fourth-order valence-electron chi connectivity index (χ4n) is 15.5. The van der Waals surface area contributed by atoms with Gasteiger partial charge >= 0.3 is 30.2 Å². The Hall–Kier alpha value is -14.4. The number of esters is 1. The minimum absolute atomic E-state index is 0.0675. The van der Waals surface area contributed by atoms with Gasteiger partial charge in [0, 0.05) is 123 Å². The number of methoxy groups -OCH3 is 1. The van der Waals surface area contributed by atoms with Crippen LogP contribution in [0.2, 0.25) is 0 Å². The third-order valence-electron chi connectivity index (χ3n) is 22.3. The highest BCUT2D eigenvalue weighted by molar-refractivity contribution is 5.99. The van der Waals surface area contributed by atoms with Crippen LogP contribution in [-0.2, 0) is 70.2 Å². The summed E-state index contributed by atoms with van der Waals surface area (Å²) in [5.41, 5.74) is 12.4. The van der Waals surface area contributed by atoms with Crippen molar-refractivity contribution in [2.45, 2.75) is 204 Å². The van der Waals surface area contributed by atoms with Crippen molar-refractivity contribution < 1.29 is 134 Å². The van der Waals surface area contributed by atoms with E-state index in [9.17, 15) is 94.5 Å². The van der Waals surface area contributed by atoms with Crippen molar-refractivity contribution in [1.82, 2.24) is 71.7 Å². The third kappa shape index (κ3) is 30.5. The van der Waals surface area contributed by atoms with Gasteiger partial charge in [0.1, 0.15) is 82.0 Å². The number of hydrogen-bond acceptors (Lipinski definition) is 27. The maximum atomic E-state index is 13.7. The molecule has 1 aliphatic carbocycles. The SMILES string of the molecule is CC(C)(C)OC(=O)N[C@@H](Cc1c[nH]c2ccc(O)cc12)C(=O)NC(CO)CO.CC(C)(C)OC(=O)N[C@@H](Cc1c[nH]c2ccc(O)cc12)C(=O)O.COC(=O)[C@H](Cc1c[nH]c2ccc(O)cc12)NC(=O)OC(C)(C)C.O=C(N[C@@H](Cc1c[nH]c2ccc(O)cc12)C(O)NC(CO)CO)c1ccc2c(c1)nc(-c1ccoc1)n2C1CCCCC1.[NH3+][C@@H](Cc1c[nH]c2ccc(O)cc12)C(=O)NC(CO)CO. The van der Waals surface area contributed by atoms with Crippen molar-refractivity contribution in [3.8, 4) is 40.1 Å². The molecule has 1 fully saturated rings. The minimum atomic E-state index is -1.29. The van der Waals surface area contributed by atoms with Crippen molar-refractivity contribution in [3.63, 3.8) is 0 Å². The lowest BCUT2D eigenvalue weighted by molar-refractivity contribution is -0.403. The van der Waals surface area contributed by atoms with E-state index in [1.165, 1.54) is 19.6 Å². The molecule has 0 spiro atoms. The van der Waals surface area contributed by atoms with Crippen LogP contribution in [0.4, 0.5) is 14.4 Å². The molecule has 41 nitrogen and oxygen atoms in total. The van der Waals surface area contributed by atoms with Gasteiger partial charge in [-0.1, -0.05) is 19.3 Å². The van der Waals surface area contributed by atoms with E-state index in [0.717, 1.165) is 103 Å². The number of hydrogen-bond donors (Lipinski definition) is 26. The summed E-state index contributed by atoms with van der Waals surface area (Å²) in [4.78, 5) is 118. The second-order valence-corrected chi connectivity index (χ2v) is 36.6. The van der Waals surface area contributed by atoms with Crippen LogP contribution in [0.5, 0.6) is 28.7 Å². The number of aliphatic hydroxyl groups is 7. The normalized spacial score (nSPS) is 13.7. The lowest BCUT2D eigenvalue weighted by atomic mass is 9.95. The molecule has 6 aromatic carbocycles. The topological polar surface area (TPSA) is 658 Å². The Morgan fingerprint density at radius 3 is 1.22 bits per heavy atom. The smallest absolute Gasteiger partial charge is 0.408 e. The third-order valence-corrected chi connectivity index (χ3v) is 22.3. The standard InChI is InChI=1S/C32H37N5O6.C19H27N3O6.C17H22N2O5.C16H20N2O5.C14H19N3O4/c38-16-22(17-39)34-32(42)28(13-21-15-33-26-8-7-24(40)14-25(21)26)36-31(41)19-6-9-29-27(12-19)35-30(20-10-11-43-18-20)37(29)23-4-2-1-3-5-23;1-19(2,3)28-18(27)22-16(17(26)21-12(9-23)10-24)6-11-8-20-15-5-4-13(25)7-14(11)15;1-17(2,3)24-16(22)19-14(15(21)23-4)7-10-9-18-13-6-5-11(20)8-12(10)13;1-16(2,3)23-15(22)18-13(14(20)21)6-9-8-17-12-5-4-10(19)7-11(9)12;15-12(14(21)17-9(6-18)7-19)3-8-5-16-13-2-1-10(20)4-11(8)13/h6-12,14-15,18,22-23,28,32-34,38-40,42H,1-5,13,16-17H2,(H,36,41);4-5,7-8,12,16,20,23-25H,6,9-10H2,1-3H3,(H,21,26)(H,22,27);5-6,8-9,14,18,20H,7H2,1-4H3,(H,19,22);4-5,7-8,13,17,19H,6H2,1-3H3,(H,18,22)(H,20,21);1-2,4-5,9,12,16,18-20H,3,6-7,15H2,(H,17,21)/p+1/t28-,32?;16-;14-;13-;12-/m00000/s1. The van der Waals surface area contributed by atoms with E-state index in [4.69, 9.17) is 38.6 Å². The molecule has 13 aromatic rings. The summed E-state index contributed by atoms with van der Waals surface area (Å²) in [6.07, 6.45) is 15.1. The van der Waals surface area contributed by atoms with Gasteiger partial charge in [0.2, 0.25) is 5.91 Å². The Labute approximate surface area is 798 Å². The average Bonchev–Trinajstić information content (AvgIpc) is 1.61. The van der Waals surface area contributed by atoms with Gasteiger partial charge in [0.05, 0.1) is 93.8 Å². The number of rotatable bonds is 32. The lowest BCUT2D eigenvalue weighted by Crippen LogP contribution is -2.69. The van der Waals surface area contributed by atoms with E-state index >= 15 is 0 Å². The van der Waals surface area contributed by atoms with Crippen molar-refractivity contribution in [3.05, 3.63) is 192 Å². The molecule has 0 saturated heterocycles. The molecule has 7 aromatic heterocycles. The van der Waals surface area contributed by atoms with E-state index < -0.39 is 140 Å². The van der Waals surface area contributed by atoms with Crippen molar-refractivity contribution in [1.29, 1.82) is 0 Å². The zero-order chi connectivity index (χ0) is 101. The second-order valence-electron chi connectivity index (χ2n) is 36.6. The van der Waals surface area contributed by atoms with Gasteiger partial charge in [-0.05, 0) is 225 Å². The quantitative estimate of drug-likeness (QED) is 0.0109. The molecule has 0 radical (unpaired) electrons. The molecule has 0 bridgehead atoms. The summed E-state index contributed by atoms with van der Waals surface area (Å²) in [5.74, 6) is -1.69. The number of phenolic OH excluding ortho intramolecular Hbond substituents is 5. The van der Waals surface area contributed by atoms with E-state index in [-0.39, 0.29) is 73.6 Å². The van der Waals surface area contributed by atoms with Crippen LogP contribution >= 0.6 is 0 Å². The van der Waals surface area contributed by atoms with E-state index in [1.54, 1.807) is 203 Å². The predicted octanol–water partition coefficient (Wildman–Crippen LogP) is 7.74. The number of aliphatic hydroxyl groups excluding tert-OH is 7. The number of phenols is 5. The highest BCUT2D eigenvalue weighted by Crippen LogP contribution is 2.38. The molecule has 6 amide bonds. The summed E-state index contributed by atoms with van der Waals surface area (Å²) < 4.78 is 27.9. The first-order valence-electron chi connectivity index (χ1n) is 45.1. The van der Waals surface area contributed by atoms with Crippen molar-refractivity contribution >= 4 is 113 Å². The Morgan fingerprint density at radius 2 is 0.835 bits per heavy atom. The molecule has 41 heteroatoms. The number of quaternary nitrogens is 1. The number of benzene rings is 6. The number of carboxylic acids is 1. The predicted molar refractivity (Wildman–Crippen MR) is 514 cm³/mol. The fraction of sp³-hybridized carbons (Fsp3) is 0.398. The fourth-order valence-corrected chi connectivity index (χ4v) is 15.5. The van der Waals surface area contributed by atoms with Crippen molar-refractivity contribution in [2.24, 2.45) is 0 Å². The second kappa shape index (κ2) is 48.5. The van der Waals surface area contributed by atoms with Gasteiger partial charge in [-0.3, -0.25) is 19.7 Å². The van der Waals surface area contributed by atoms with Gasteiger partial charge in [-0.2, -0.15) is 0 Å². The first-order chi connectivity index (χ1) is 66.0. The summed E-state index contributed by atoms with van der Waals surface area (Å²) in [6, 6.07) is 25.4. The molecular formula is C98H126N15O26+. The summed E-state index contributed by atoms with van der Waals surface area (Å²) in [7, 11) is 1.26. The van der Waals surface area contributed by atoms with Gasteiger partial charge in [-0.15, -0.1) is 0 Å². The highest BCUT2D eigenvalue weighted by Gasteiger charge is 2.34. The number of fused-ring (bicyclic) bond motifs is 6. The Balaban J connectivity index is 0.000000185. The number of carboxylic acid groups (broad SMARTS) is 1. The molecule has 6 atom stereocenters. The summed E-state index contributed by atoms with van der Waals surface area (Å²) in [6.45, 7) is 13.1. The largest absolute Gasteiger partial charge is 0.508 e. The Kier molecular flexibility index (Phi) is 37.2. The number of aromatic nitrogens is 7. The highest BCUT2D eigenvalue weighted by atomic mass is 16.6. The number of H-pyrrole nitrogens is 5. The number of amides is 6. The first kappa shape index (κ1) is 107. The molecule has 14 rings (SSSR count). The minimum Gasteiger partial charge on any atom is -0.508 e. The van der Waals surface area contributed by atoms with Crippen LogP contribution in [0, 0.1) is 0 Å². The molecule has 7 heterocycles. The number of ether oxygens (including phenoxy) is 4. The number of aromatic hydroxyl groups is 5. The first-order valence-corrected chi connectivity index (χ1v) is 45.1. The van der Waals surface area contributed by atoms with E-state index in [1.807, 2.05) is 12.1 Å². The lowest BCUT2D eigenvalue weighted by Gasteiger charge is -2.28. The zero-order valence-corrected chi connectivity index (χ0v) is 78.8. The number of aliphatic carboxylic acids is 1. The van der Waals surface area contributed by atoms with E-state index in [0.29, 0.717) is 45.4 Å². The number of nitrogens with one attached hydrogen (secondary N) is 12. The number of carbonyl (C=O) groups excluding carboxylic acids is 7. The van der Waals surface area contributed by atoms with Crippen molar-refractivity contribution in [2.75, 3.05) is 46.8 Å². The van der Waals surface area contributed by atoms with Crippen LogP contribution < -0.4 is 43.0 Å². The maximum Gasteiger partial charge on any atom is 0.408 e. The Morgan fingerprint density at radius 1 is 0.460 bits per heavy atom. The maximum absolute atomic E-state index is 13.7. The molecule has 1 aliphatic rings. The molecule has 139 heavy (non-hydrogen) atoms. The van der Waals surface area contributed by atoms with E-state index in [2.05, 4.69) is 72.4 Å². The number of aromatic amines is 5. The van der Waals surface area contributed by atoms with Gasteiger partial charge in [0.25, 0.3) is 11.8 Å². The molecule has 748 valence electrons. The van der Waals surface area contributed by atoms with Gasteiger partial charge < -0.3 is 157 Å². The molecule has 28 N–H and O–H groups in total. The Bertz CT molecular complexity index is 6300. The van der Waals surface area contributed by atoms with Crippen LogP contribution in [0.25, 0.3) is 76.9 Å². The number of imidazole rings is 1. The molecule has 1 unspecified atom stereocenters. The monoisotopic (exact) mass is 1930 g/mol. The van der Waals surface area contributed by atoms with Crippen LogP contribution in [0.3, 0.4) is 0 Å². The number of carbonyl (C=O) groups is 8.